The molecule has 2 aliphatic heterocycles. The van der Waals surface area contributed by atoms with Gasteiger partial charge in [0.2, 0.25) is 0 Å². The summed E-state index contributed by atoms with van der Waals surface area (Å²) in [6, 6.07) is 26.8. The molecule has 156 valence electrons. The van der Waals surface area contributed by atoms with E-state index in [1.165, 1.54) is 21.6 Å². The number of hydrogen-bond acceptors (Lipinski definition) is 3. The first-order valence-electron chi connectivity index (χ1n) is 11.0. The van der Waals surface area contributed by atoms with Crippen molar-refractivity contribution in [1.82, 2.24) is 9.80 Å². The van der Waals surface area contributed by atoms with Crippen LogP contribution < -0.4 is 0 Å². The molecule has 0 aliphatic carbocycles. The van der Waals surface area contributed by atoms with Crippen molar-refractivity contribution in [3.05, 3.63) is 107 Å². The Kier molecular flexibility index (Phi) is 5.39. The Hall–Kier alpha value is -3.24. The van der Waals surface area contributed by atoms with E-state index < -0.39 is 0 Å². The van der Waals surface area contributed by atoms with Gasteiger partial charge in [0, 0.05) is 25.7 Å². The molecule has 2 amide bonds. The van der Waals surface area contributed by atoms with Crippen molar-refractivity contribution in [2.24, 2.45) is 0 Å². The van der Waals surface area contributed by atoms with E-state index in [0.717, 1.165) is 32.4 Å². The SMILES string of the molecule is O=C1c2ccccc2C(=O)N1CCCN1Cc2ccccc2CC1Cc1ccccc1. The van der Waals surface area contributed by atoms with Crippen LogP contribution in [0.5, 0.6) is 0 Å². The number of carbonyl (C=O) groups is 2. The van der Waals surface area contributed by atoms with E-state index in [-0.39, 0.29) is 11.8 Å². The number of carbonyl (C=O) groups excluding carboxylic acids is 2. The van der Waals surface area contributed by atoms with Crippen molar-refractivity contribution in [2.45, 2.75) is 31.8 Å². The fourth-order valence-electron chi connectivity index (χ4n) is 4.86. The summed E-state index contributed by atoms with van der Waals surface area (Å²) < 4.78 is 0. The van der Waals surface area contributed by atoms with Crippen molar-refractivity contribution in [3.8, 4) is 0 Å². The molecule has 0 spiro atoms. The van der Waals surface area contributed by atoms with Gasteiger partial charge in [0.15, 0.2) is 0 Å². The van der Waals surface area contributed by atoms with Gasteiger partial charge in [-0.3, -0.25) is 19.4 Å². The molecular formula is C27H26N2O2. The number of nitrogens with zero attached hydrogens (tertiary/aromatic N) is 2. The van der Waals surface area contributed by atoms with E-state index in [0.29, 0.717) is 23.7 Å². The highest BCUT2D eigenvalue weighted by molar-refractivity contribution is 6.21. The maximum atomic E-state index is 12.6. The van der Waals surface area contributed by atoms with E-state index >= 15 is 0 Å². The molecule has 0 aromatic heterocycles. The van der Waals surface area contributed by atoms with Crippen molar-refractivity contribution in [2.75, 3.05) is 13.1 Å². The predicted octanol–water partition coefficient (Wildman–Crippen LogP) is 4.34. The Morgan fingerprint density at radius 1 is 0.710 bits per heavy atom. The third kappa shape index (κ3) is 3.91. The Bertz CT molecular complexity index is 1070. The van der Waals surface area contributed by atoms with Crippen molar-refractivity contribution < 1.29 is 9.59 Å². The first kappa shape index (κ1) is 19.7. The topological polar surface area (TPSA) is 40.6 Å². The predicted molar refractivity (Wildman–Crippen MR) is 121 cm³/mol. The van der Waals surface area contributed by atoms with Crippen LogP contribution in [0.1, 0.15) is 43.8 Å². The fourth-order valence-corrected chi connectivity index (χ4v) is 4.86. The summed E-state index contributed by atoms with van der Waals surface area (Å²) >= 11 is 0. The molecule has 3 aromatic rings. The molecule has 1 atom stereocenters. The molecule has 0 bridgehead atoms. The van der Waals surface area contributed by atoms with Gasteiger partial charge in [0.1, 0.15) is 0 Å². The van der Waals surface area contributed by atoms with E-state index in [4.69, 9.17) is 0 Å². The molecule has 0 saturated carbocycles. The minimum absolute atomic E-state index is 0.162. The van der Waals surface area contributed by atoms with Gasteiger partial charge in [0.25, 0.3) is 11.8 Å². The average molecular weight is 411 g/mol. The second-order valence-electron chi connectivity index (χ2n) is 8.45. The number of amides is 2. The van der Waals surface area contributed by atoms with E-state index in [1.54, 1.807) is 12.1 Å². The molecule has 0 N–H and O–H groups in total. The average Bonchev–Trinajstić information content (AvgIpc) is 3.05. The standard InChI is InChI=1S/C27H26N2O2/c30-26-24-13-6-7-14-25(24)27(31)29(26)16-8-15-28-19-22-12-5-4-11-21(22)18-23(28)17-20-9-2-1-3-10-20/h1-7,9-14,23H,8,15-19H2. The molecule has 0 fully saturated rings. The van der Waals surface area contributed by atoms with Gasteiger partial charge in [-0.2, -0.15) is 0 Å². The lowest BCUT2D eigenvalue weighted by Gasteiger charge is -2.37. The Morgan fingerprint density at radius 2 is 1.32 bits per heavy atom. The van der Waals surface area contributed by atoms with Crippen LogP contribution in [0, 0.1) is 0 Å². The zero-order valence-corrected chi connectivity index (χ0v) is 17.5. The maximum Gasteiger partial charge on any atom is 0.261 e. The summed E-state index contributed by atoms with van der Waals surface area (Å²) in [6.07, 6.45) is 2.80. The molecule has 3 aromatic carbocycles. The van der Waals surface area contributed by atoms with E-state index in [9.17, 15) is 9.59 Å². The van der Waals surface area contributed by atoms with Crippen LogP contribution in [0.15, 0.2) is 78.9 Å². The number of fused-ring (bicyclic) bond motifs is 2. The number of hydrogen-bond donors (Lipinski definition) is 0. The normalized spacial score (nSPS) is 18.2. The molecule has 1 unspecified atom stereocenters. The van der Waals surface area contributed by atoms with Crippen LogP contribution >= 0.6 is 0 Å². The van der Waals surface area contributed by atoms with Gasteiger partial charge in [-0.15, -0.1) is 0 Å². The lowest BCUT2D eigenvalue weighted by Crippen LogP contribution is -2.43. The Morgan fingerprint density at radius 3 is 2.03 bits per heavy atom. The smallest absolute Gasteiger partial charge is 0.261 e. The van der Waals surface area contributed by atoms with Gasteiger partial charge in [0.05, 0.1) is 11.1 Å². The van der Waals surface area contributed by atoms with Crippen LogP contribution in [-0.4, -0.2) is 40.7 Å². The number of rotatable bonds is 6. The van der Waals surface area contributed by atoms with Crippen molar-refractivity contribution in [1.29, 1.82) is 0 Å². The first-order valence-corrected chi connectivity index (χ1v) is 11.0. The lowest BCUT2D eigenvalue weighted by atomic mass is 9.90. The van der Waals surface area contributed by atoms with Crippen molar-refractivity contribution in [3.63, 3.8) is 0 Å². The summed E-state index contributed by atoms with van der Waals surface area (Å²) in [5.74, 6) is -0.323. The van der Waals surface area contributed by atoms with Gasteiger partial charge in [-0.25, -0.2) is 0 Å². The molecule has 0 radical (unpaired) electrons. The van der Waals surface area contributed by atoms with Gasteiger partial charge < -0.3 is 0 Å². The second-order valence-corrected chi connectivity index (χ2v) is 8.45. The molecule has 2 aliphatic rings. The number of imide groups is 1. The quantitative estimate of drug-likeness (QED) is 0.568. The molecule has 31 heavy (non-hydrogen) atoms. The lowest BCUT2D eigenvalue weighted by molar-refractivity contribution is 0.0641. The third-order valence-corrected chi connectivity index (χ3v) is 6.48. The van der Waals surface area contributed by atoms with E-state index in [2.05, 4.69) is 59.5 Å². The molecule has 4 nitrogen and oxygen atoms in total. The Balaban J connectivity index is 1.28. The monoisotopic (exact) mass is 410 g/mol. The summed E-state index contributed by atoms with van der Waals surface area (Å²) in [6.45, 7) is 2.23. The van der Waals surface area contributed by atoms with Crippen LogP contribution in [0.2, 0.25) is 0 Å². The summed E-state index contributed by atoms with van der Waals surface area (Å²) in [5.41, 5.74) is 5.22. The highest BCUT2D eigenvalue weighted by atomic mass is 16.2. The van der Waals surface area contributed by atoms with Crippen LogP contribution in [0.25, 0.3) is 0 Å². The zero-order chi connectivity index (χ0) is 21.2. The van der Waals surface area contributed by atoms with Crippen LogP contribution in [0.3, 0.4) is 0 Å². The summed E-state index contributed by atoms with van der Waals surface area (Å²) in [5, 5.41) is 0. The molecule has 2 heterocycles. The summed E-state index contributed by atoms with van der Waals surface area (Å²) in [4.78, 5) is 29.2. The first-order chi connectivity index (χ1) is 15.2. The van der Waals surface area contributed by atoms with Crippen LogP contribution in [0.4, 0.5) is 0 Å². The van der Waals surface area contributed by atoms with Gasteiger partial charge >= 0.3 is 0 Å². The molecular weight excluding hydrogens is 384 g/mol. The van der Waals surface area contributed by atoms with Gasteiger partial charge in [-0.05, 0) is 48.1 Å². The Labute approximate surface area is 183 Å². The van der Waals surface area contributed by atoms with Gasteiger partial charge in [-0.1, -0.05) is 66.7 Å². The van der Waals surface area contributed by atoms with Crippen LogP contribution in [-0.2, 0) is 19.4 Å². The minimum atomic E-state index is -0.162. The highest BCUT2D eigenvalue weighted by Crippen LogP contribution is 2.27. The third-order valence-electron chi connectivity index (χ3n) is 6.48. The molecule has 5 rings (SSSR count). The van der Waals surface area contributed by atoms with Crippen molar-refractivity contribution >= 4 is 11.8 Å². The largest absolute Gasteiger partial charge is 0.295 e. The minimum Gasteiger partial charge on any atom is -0.295 e. The molecule has 0 saturated heterocycles. The maximum absolute atomic E-state index is 12.6. The second kappa shape index (κ2) is 8.48. The molecule has 4 heteroatoms. The fraction of sp³-hybridized carbons (Fsp3) is 0.259. The zero-order valence-electron chi connectivity index (χ0n) is 17.5. The summed E-state index contributed by atoms with van der Waals surface area (Å²) in [7, 11) is 0. The highest BCUT2D eigenvalue weighted by Gasteiger charge is 2.35. The number of benzene rings is 3. The van der Waals surface area contributed by atoms with E-state index in [1.807, 2.05) is 12.1 Å².